The Labute approximate surface area is 87.7 Å². The maximum absolute atomic E-state index is 2.29. The number of allylic oxidation sites excluding steroid dienone is 2. The summed E-state index contributed by atoms with van der Waals surface area (Å²) in [6.45, 7) is 8.80. The van der Waals surface area contributed by atoms with Crippen LogP contribution in [0.1, 0.15) is 44.7 Å². The maximum atomic E-state index is 2.29. The highest BCUT2D eigenvalue weighted by atomic mass is 14.1. The van der Waals surface area contributed by atoms with Gasteiger partial charge in [-0.15, -0.1) is 0 Å². The van der Waals surface area contributed by atoms with E-state index in [1.54, 1.807) is 0 Å². The molecule has 0 heterocycles. The third-order valence-electron chi connectivity index (χ3n) is 2.41. The molecule has 14 heavy (non-hydrogen) atoms. The molecule has 0 nitrogen and oxygen atoms in total. The Morgan fingerprint density at radius 3 is 2.43 bits per heavy atom. The molecule has 0 aromatic heterocycles. The van der Waals surface area contributed by atoms with Crippen molar-refractivity contribution >= 4 is 0 Å². The molecule has 1 aromatic carbocycles. The topological polar surface area (TPSA) is 0 Å². The summed E-state index contributed by atoms with van der Waals surface area (Å²) >= 11 is 0. The summed E-state index contributed by atoms with van der Waals surface area (Å²) in [5, 5.41) is 0. The normalized spacial score (nSPS) is 10.4. The molecule has 0 atom stereocenters. The second-order valence-corrected chi connectivity index (χ2v) is 4.34. The lowest BCUT2D eigenvalue weighted by Crippen LogP contribution is -1.94. The van der Waals surface area contributed by atoms with Crippen molar-refractivity contribution in [3.63, 3.8) is 0 Å². The lowest BCUT2D eigenvalue weighted by Gasteiger charge is -2.10. The third-order valence-corrected chi connectivity index (χ3v) is 2.41. The van der Waals surface area contributed by atoms with Crippen LogP contribution in [0.2, 0.25) is 0 Å². The Bertz CT molecular complexity index is 315. The SMILES string of the molecule is CC(C)=CCc1ccccc1C(C)C. The minimum atomic E-state index is 0.622. The van der Waals surface area contributed by atoms with E-state index in [0.717, 1.165) is 6.42 Å². The lowest BCUT2D eigenvalue weighted by atomic mass is 9.95. The minimum Gasteiger partial charge on any atom is -0.0815 e. The van der Waals surface area contributed by atoms with Gasteiger partial charge in [0, 0.05) is 0 Å². The average Bonchev–Trinajstić information content (AvgIpc) is 2.15. The molecule has 0 unspecified atom stereocenters. The van der Waals surface area contributed by atoms with E-state index < -0.39 is 0 Å². The summed E-state index contributed by atoms with van der Waals surface area (Å²) in [4.78, 5) is 0. The highest BCUT2D eigenvalue weighted by molar-refractivity contribution is 5.31. The van der Waals surface area contributed by atoms with Crippen LogP contribution in [0.3, 0.4) is 0 Å². The van der Waals surface area contributed by atoms with Gasteiger partial charge in [0.05, 0.1) is 0 Å². The van der Waals surface area contributed by atoms with Gasteiger partial charge in [-0.05, 0) is 37.3 Å². The summed E-state index contributed by atoms with van der Waals surface area (Å²) in [5.41, 5.74) is 4.33. The Morgan fingerprint density at radius 2 is 1.86 bits per heavy atom. The Kier molecular flexibility index (Phi) is 3.94. The second-order valence-electron chi connectivity index (χ2n) is 4.34. The maximum Gasteiger partial charge on any atom is -0.00921 e. The predicted octanol–water partition coefficient (Wildman–Crippen LogP) is 4.32. The number of hydrogen-bond donors (Lipinski definition) is 0. The lowest BCUT2D eigenvalue weighted by molar-refractivity contribution is 0.850. The standard InChI is InChI=1S/C14H20/c1-11(2)9-10-13-7-5-6-8-14(13)12(3)4/h5-9,12H,10H2,1-4H3. The monoisotopic (exact) mass is 188 g/mol. The van der Waals surface area contributed by atoms with Gasteiger partial charge in [-0.25, -0.2) is 0 Å². The van der Waals surface area contributed by atoms with Gasteiger partial charge in [0.25, 0.3) is 0 Å². The van der Waals surface area contributed by atoms with Crippen LogP contribution in [0.15, 0.2) is 35.9 Å². The van der Waals surface area contributed by atoms with E-state index in [0.29, 0.717) is 5.92 Å². The van der Waals surface area contributed by atoms with Crippen molar-refractivity contribution in [3.8, 4) is 0 Å². The zero-order valence-electron chi connectivity index (χ0n) is 9.67. The molecule has 0 aliphatic heterocycles. The van der Waals surface area contributed by atoms with Crippen LogP contribution in [-0.4, -0.2) is 0 Å². The van der Waals surface area contributed by atoms with Gasteiger partial charge in [-0.2, -0.15) is 0 Å². The molecule has 0 saturated carbocycles. The number of benzene rings is 1. The van der Waals surface area contributed by atoms with Crippen LogP contribution in [0.4, 0.5) is 0 Å². The molecule has 0 radical (unpaired) electrons. The summed E-state index contributed by atoms with van der Waals surface area (Å²) in [7, 11) is 0. The average molecular weight is 188 g/mol. The quantitative estimate of drug-likeness (QED) is 0.620. The van der Waals surface area contributed by atoms with Gasteiger partial charge in [0.15, 0.2) is 0 Å². The Hall–Kier alpha value is -1.04. The first-order valence-electron chi connectivity index (χ1n) is 5.32. The molecule has 0 fully saturated rings. The van der Waals surface area contributed by atoms with E-state index in [1.165, 1.54) is 16.7 Å². The van der Waals surface area contributed by atoms with E-state index in [4.69, 9.17) is 0 Å². The number of hydrogen-bond acceptors (Lipinski definition) is 0. The molecule has 0 N–H and O–H groups in total. The highest BCUT2D eigenvalue weighted by Crippen LogP contribution is 2.19. The van der Waals surface area contributed by atoms with Gasteiger partial charge < -0.3 is 0 Å². The zero-order valence-corrected chi connectivity index (χ0v) is 9.67. The van der Waals surface area contributed by atoms with E-state index in [9.17, 15) is 0 Å². The zero-order chi connectivity index (χ0) is 10.6. The Balaban J connectivity index is 2.90. The molecule has 0 heteroatoms. The molecule has 0 amide bonds. The van der Waals surface area contributed by atoms with Crippen molar-refractivity contribution in [2.75, 3.05) is 0 Å². The van der Waals surface area contributed by atoms with Crippen LogP contribution in [0.5, 0.6) is 0 Å². The first-order chi connectivity index (χ1) is 6.61. The van der Waals surface area contributed by atoms with Crippen LogP contribution in [0, 0.1) is 0 Å². The first-order valence-corrected chi connectivity index (χ1v) is 5.32. The summed E-state index contributed by atoms with van der Waals surface area (Å²) < 4.78 is 0. The minimum absolute atomic E-state index is 0.622. The molecular formula is C14H20. The predicted molar refractivity (Wildman–Crippen MR) is 63.7 cm³/mol. The molecule has 0 bridgehead atoms. The van der Waals surface area contributed by atoms with Crippen molar-refractivity contribution in [2.24, 2.45) is 0 Å². The van der Waals surface area contributed by atoms with E-state index in [1.807, 2.05) is 0 Å². The van der Waals surface area contributed by atoms with E-state index >= 15 is 0 Å². The van der Waals surface area contributed by atoms with Crippen molar-refractivity contribution < 1.29 is 0 Å². The summed E-state index contributed by atoms with van der Waals surface area (Å²) in [6.07, 6.45) is 3.36. The number of rotatable bonds is 3. The van der Waals surface area contributed by atoms with Crippen molar-refractivity contribution in [3.05, 3.63) is 47.0 Å². The molecule has 1 aromatic rings. The molecule has 0 aliphatic rings. The van der Waals surface area contributed by atoms with Gasteiger partial charge >= 0.3 is 0 Å². The van der Waals surface area contributed by atoms with Crippen LogP contribution in [0.25, 0.3) is 0 Å². The molecule has 1 rings (SSSR count). The van der Waals surface area contributed by atoms with Crippen molar-refractivity contribution in [1.29, 1.82) is 0 Å². The molecule has 0 spiro atoms. The van der Waals surface area contributed by atoms with Crippen molar-refractivity contribution in [2.45, 2.75) is 40.0 Å². The summed E-state index contributed by atoms with van der Waals surface area (Å²) in [6, 6.07) is 8.72. The van der Waals surface area contributed by atoms with Crippen molar-refractivity contribution in [1.82, 2.24) is 0 Å². The van der Waals surface area contributed by atoms with Gasteiger partial charge in [0.2, 0.25) is 0 Å². The highest BCUT2D eigenvalue weighted by Gasteiger charge is 2.03. The molecular weight excluding hydrogens is 168 g/mol. The van der Waals surface area contributed by atoms with Gasteiger partial charge in [-0.3, -0.25) is 0 Å². The Morgan fingerprint density at radius 1 is 1.21 bits per heavy atom. The first kappa shape index (κ1) is 11.0. The van der Waals surface area contributed by atoms with Crippen LogP contribution >= 0.6 is 0 Å². The fourth-order valence-electron chi connectivity index (χ4n) is 1.60. The van der Waals surface area contributed by atoms with E-state index in [2.05, 4.69) is 58.0 Å². The molecule has 76 valence electrons. The van der Waals surface area contributed by atoms with Crippen LogP contribution in [-0.2, 0) is 6.42 Å². The fraction of sp³-hybridized carbons (Fsp3) is 0.429. The smallest absolute Gasteiger partial charge is 0.00921 e. The summed E-state index contributed by atoms with van der Waals surface area (Å²) in [5.74, 6) is 0.622. The largest absolute Gasteiger partial charge is 0.0815 e. The third kappa shape index (κ3) is 3.02. The molecule has 0 aliphatic carbocycles. The van der Waals surface area contributed by atoms with Gasteiger partial charge in [0.1, 0.15) is 0 Å². The fourth-order valence-corrected chi connectivity index (χ4v) is 1.60. The van der Waals surface area contributed by atoms with E-state index in [-0.39, 0.29) is 0 Å². The van der Waals surface area contributed by atoms with Gasteiger partial charge in [-0.1, -0.05) is 49.8 Å². The molecule has 0 saturated heterocycles. The van der Waals surface area contributed by atoms with Crippen LogP contribution < -0.4 is 0 Å². The second kappa shape index (κ2) is 4.99.